The fourth-order valence-electron chi connectivity index (χ4n) is 1.75. The molecule has 0 N–H and O–H groups in total. The Hall–Kier alpha value is -2.69. The number of nitrogens with zero attached hydrogens (tertiary/aromatic N) is 3. The lowest BCUT2D eigenvalue weighted by Crippen LogP contribution is -2.07. The molecule has 0 bridgehead atoms. The second-order valence-corrected chi connectivity index (χ2v) is 4.65. The Morgan fingerprint density at radius 1 is 1.00 bits per heavy atom. The van der Waals surface area contributed by atoms with Gasteiger partial charge in [0.1, 0.15) is 0 Å². The van der Waals surface area contributed by atoms with Crippen molar-refractivity contribution in [3.63, 3.8) is 0 Å². The molecular formula is C16H17N3O2. The number of carbonyl (C=O) groups is 1. The first kappa shape index (κ1) is 14.7. The summed E-state index contributed by atoms with van der Waals surface area (Å²) in [5, 5.41) is 8.29. The standard InChI is InChI=1S/C16H17N3O2/c1-19(2)15-9-7-13(8-10-15)17-18-14-6-4-5-12(11-14)16(20)21-3/h4-11H,1-3H3. The third-order valence-electron chi connectivity index (χ3n) is 2.91. The van der Waals surface area contributed by atoms with Gasteiger partial charge < -0.3 is 9.64 Å². The monoisotopic (exact) mass is 283 g/mol. The number of hydrogen-bond acceptors (Lipinski definition) is 5. The minimum atomic E-state index is -0.387. The van der Waals surface area contributed by atoms with Crippen molar-refractivity contribution >= 4 is 23.0 Å². The van der Waals surface area contributed by atoms with Crippen LogP contribution in [0.2, 0.25) is 0 Å². The van der Waals surface area contributed by atoms with Crippen LogP contribution in [0.5, 0.6) is 0 Å². The number of anilines is 1. The molecule has 5 heteroatoms. The maximum atomic E-state index is 11.4. The highest BCUT2D eigenvalue weighted by atomic mass is 16.5. The lowest BCUT2D eigenvalue weighted by Gasteiger charge is -2.11. The lowest BCUT2D eigenvalue weighted by molar-refractivity contribution is 0.0601. The van der Waals surface area contributed by atoms with Gasteiger partial charge >= 0.3 is 5.97 Å². The van der Waals surface area contributed by atoms with E-state index in [0.29, 0.717) is 11.3 Å². The van der Waals surface area contributed by atoms with Gasteiger partial charge in [-0.25, -0.2) is 4.79 Å². The van der Waals surface area contributed by atoms with Crippen LogP contribution in [0.15, 0.2) is 58.8 Å². The fraction of sp³-hybridized carbons (Fsp3) is 0.188. The fourth-order valence-corrected chi connectivity index (χ4v) is 1.75. The number of ether oxygens (including phenoxy) is 1. The Morgan fingerprint density at radius 2 is 1.67 bits per heavy atom. The van der Waals surface area contributed by atoms with Crippen LogP contribution in [-0.2, 0) is 4.74 Å². The molecule has 108 valence electrons. The Kier molecular flexibility index (Phi) is 4.66. The molecule has 2 rings (SSSR count). The van der Waals surface area contributed by atoms with E-state index in [2.05, 4.69) is 15.0 Å². The molecule has 5 nitrogen and oxygen atoms in total. The number of esters is 1. The molecule has 0 aliphatic rings. The average molecular weight is 283 g/mol. The van der Waals surface area contributed by atoms with E-state index in [9.17, 15) is 4.79 Å². The van der Waals surface area contributed by atoms with Gasteiger partial charge in [-0.15, -0.1) is 0 Å². The van der Waals surface area contributed by atoms with E-state index < -0.39 is 0 Å². The van der Waals surface area contributed by atoms with Crippen LogP contribution >= 0.6 is 0 Å². The van der Waals surface area contributed by atoms with E-state index in [1.807, 2.05) is 43.3 Å². The molecule has 2 aromatic carbocycles. The maximum Gasteiger partial charge on any atom is 0.337 e. The smallest absolute Gasteiger partial charge is 0.337 e. The Balaban J connectivity index is 2.15. The molecule has 0 amide bonds. The molecule has 0 aliphatic carbocycles. The van der Waals surface area contributed by atoms with Crippen molar-refractivity contribution < 1.29 is 9.53 Å². The van der Waals surface area contributed by atoms with Crippen LogP contribution in [0.3, 0.4) is 0 Å². The second kappa shape index (κ2) is 6.65. The summed E-state index contributed by atoms with van der Waals surface area (Å²) in [6.45, 7) is 0. The highest BCUT2D eigenvalue weighted by molar-refractivity contribution is 5.90. The number of carbonyl (C=O) groups excluding carboxylic acids is 1. The molecule has 0 radical (unpaired) electrons. The molecule has 0 spiro atoms. The molecule has 0 unspecified atom stereocenters. The zero-order valence-corrected chi connectivity index (χ0v) is 12.3. The first-order valence-electron chi connectivity index (χ1n) is 6.47. The summed E-state index contributed by atoms with van der Waals surface area (Å²) in [7, 11) is 5.31. The quantitative estimate of drug-likeness (QED) is 0.630. The van der Waals surface area contributed by atoms with Gasteiger partial charge in [0.2, 0.25) is 0 Å². The van der Waals surface area contributed by atoms with E-state index in [1.54, 1.807) is 24.3 Å². The average Bonchev–Trinajstić information content (AvgIpc) is 2.52. The van der Waals surface area contributed by atoms with E-state index >= 15 is 0 Å². The largest absolute Gasteiger partial charge is 0.465 e. The van der Waals surface area contributed by atoms with Gasteiger partial charge in [-0.05, 0) is 42.5 Å². The molecule has 0 saturated heterocycles. The van der Waals surface area contributed by atoms with Crippen molar-refractivity contribution in [1.82, 2.24) is 0 Å². The highest BCUT2D eigenvalue weighted by Crippen LogP contribution is 2.22. The van der Waals surface area contributed by atoms with Crippen LogP contribution in [0, 0.1) is 0 Å². The SMILES string of the molecule is COC(=O)c1cccc(N=Nc2ccc(N(C)C)cc2)c1. The van der Waals surface area contributed by atoms with Crippen LogP contribution < -0.4 is 4.90 Å². The predicted molar refractivity (Wildman–Crippen MR) is 82.7 cm³/mol. The van der Waals surface area contributed by atoms with Gasteiger partial charge in [0.15, 0.2) is 0 Å². The van der Waals surface area contributed by atoms with E-state index in [4.69, 9.17) is 0 Å². The van der Waals surface area contributed by atoms with E-state index in [0.717, 1.165) is 11.4 Å². The summed E-state index contributed by atoms with van der Waals surface area (Å²) in [5.74, 6) is -0.387. The van der Waals surface area contributed by atoms with Crippen molar-refractivity contribution in [2.45, 2.75) is 0 Å². The highest BCUT2D eigenvalue weighted by Gasteiger charge is 2.05. The summed E-state index contributed by atoms with van der Waals surface area (Å²) in [6, 6.07) is 14.6. The van der Waals surface area contributed by atoms with Gasteiger partial charge in [0, 0.05) is 19.8 Å². The third-order valence-corrected chi connectivity index (χ3v) is 2.91. The first-order valence-corrected chi connectivity index (χ1v) is 6.47. The number of hydrogen-bond donors (Lipinski definition) is 0. The van der Waals surface area contributed by atoms with Gasteiger partial charge in [0.05, 0.1) is 24.0 Å². The van der Waals surface area contributed by atoms with Crippen molar-refractivity contribution in [3.8, 4) is 0 Å². The molecule has 0 heterocycles. The molecule has 0 aliphatic heterocycles. The summed E-state index contributed by atoms with van der Waals surface area (Å²) in [6.07, 6.45) is 0. The van der Waals surface area contributed by atoms with E-state index in [-0.39, 0.29) is 5.97 Å². The van der Waals surface area contributed by atoms with Gasteiger partial charge in [-0.1, -0.05) is 6.07 Å². The first-order chi connectivity index (χ1) is 10.1. The van der Waals surface area contributed by atoms with Crippen molar-refractivity contribution in [1.29, 1.82) is 0 Å². The van der Waals surface area contributed by atoms with Crippen LogP contribution in [0.4, 0.5) is 17.1 Å². The molecule has 0 aromatic heterocycles. The molecule has 0 saturated carbocycles. The predicted octanol–water partition coefficient (Wildman–Crippen LogP) is 3.95. The van der Waals surface area contributed by atoms with Crippen LogP contribution in [0.25, 0.3) is 0 Å². The summed E-state index contributed by atoms with van der Waals surface area (Å²) in [5.41, 5.74) is 2.91. The Labute approximate surface area is 123 Å². The van der Waals surface area contributed by atoms with Gasteiger partial charge in [-0.2, -0.15) is 10.2 Å². The summed E-state index contributed by atoms with van der Waals surface area (Å²) >= 11 is 0. The maximum absolute atomic E-state index is 11.4. The summed E-state index contributed by atoms with van der Waals surface area (Å²) < 4.78 is 4.67. The van der Waals surface area contributed by atoms with Crippen molar-refractivity contribution in [2.75, 3.05) is 26.1 Å². The topological polar surface area (TPSA) is 54.3 Å². The minimum absolute atomic E-state index is 0.387. The zero-order valence-electron chi connectivity index (χ0n) is 12.3. The summed E-state index contributed by atoms with van der Waals surface area (Å²) in [4.78, 5) is 13.5. The number of methoxy groups -OCH3 is 1. The van der Waals surface area contributed by atoms with Crippen LogP contribution in [-0.4, -0.2) is 27.2 Å². The van der Waals surface area contributed by atoms with Gasteiger partial charge in [-0.3, -0.25) is 0 Å². The molecule has 0 atom stereocenters. The molecular weight excluding hydrogens is 266 g/mol. The normalized spacial score (nSPS) is 10.6. The van der Waals surface area contributed by atoms with Crippen LogP contribution in [0.1, 0.15) is 10.4 Å². The van der Waals surface area contributed by atoms with Crippen molar-refractivity contribution in [3.05, 3.63) is 54.1 Å². The second-order valence-electron chi connectivity index (χ2n) is 4.65. The lowest BCUT2D eigenvalue weighted by atomic mass is 10.2. The minimum Gasteiger partial charge on any atom is -0.465 e. The molecule has 21 heavy (non-hydrogen) atoms. The Morgan fingerprint density at radius 3 is 2.29 bits per heavy atom. The molecule has 2 aromatic rings. The van der Waals surface area contributed by atoms with Gasteiger partial charge in [0.25, 0.3) is 0 Å². The number of rotatable bonds is 4. The molecule has 0 fully saturated rings. The number of benzene rings is 2. The third kappa shape index (κ3) is 3.89. The van der Waals surface area contributed by atoms with E-state index in [1.165, 1.54) is 7.11 Å². The Bertz CT molecular complexity index is 649. The number of azo groups is 1. The zero-order chi connectivity index (χ0) is 15.2. The van der Waals surface area contributed by atoms with Crippen molar-refractivity contribution in [2.24, 2.45) is 10.2 Å².